The van der Waals surface area contributed by atoms with Crippen molar-refractivity contribution in [2.24, 2.45) is 10.2 Å². The van der Waals surface area contributed by atoms with Crippen molar-refractivity contribution in [3.05, 3.63) is 47.5 Å². The molecular weight excluding hydrogens is 236 g/mol. The second kappa shape index (κ2) is 4.84. The highest BCUT2D eigenvalue weighted by molar-refractivity contribution is 6.32. The molecule has 0 bridgehead atoms. The average Bonchev–Trinajstić information content (AvgIpc) is 2.30. The minimum Gasteiger partial charge on any atom is -0.399 e. The molecule has 0 aliphatic rings. The second-order valence-corrected chi connectivity index (χ2v) is 3.88. The van der Waals surface area contributed by atoms with Gasteiger partial charge in [-0.25, -0.2) is 0 Å². The maximum Gasteiger partial charge on any atom is 0.109 e. The number of rotatable bonds is 2. The monoisotopic (exact) mass is 246 g/mol. The molecule has 5 heteroatoms. The number of azo groups is 1. The molecule has 0 spiro atoms. The van der Waals surface area contributed by atoms with Crippen molar-refractivity contribution >= 4 is 34.4 Å². The molecule has 0 radical (unpaired) electrons. The molecule has 2 aromatic rings. The second-order valence-electron chi connectivity index (χ2n) is 3.47. The molecule has 0 unspecified atom stereocenters. The predicted molar refractivity (Wildman–Crippen MR) is 70.9 cm³/mol. The van der Waals surface area contributed by atoms with Gasteiger partial charge in [-0.3, -0.25) is 0 Å². The van der Waals surface area contributed by atoms with Crippen LogP contribution < -0.4 is 11.5 Å². The Bertz CT molecular complexity index is 566. The molecule has 4 N–H and O–H groups in total. The highest BCUT2D eigenvalue weighted by atomic mass is 35.5. The van der Waals surface area contributed by atoms with Crippen LogP contribution in [-0.4, -0.2) is 0 Å². The van der Waals surface area contributed by atoms with Gasteiger partial charge >= 0.3 is 0 Å². The van der Waals surface area contributed by atoms with E-state index in [4.69, 9.17) is 23.1 Å². The minimum atomic E-state index is 0.487. The maximum atomic E-state index is 5.95. The zero-order valence-electron chi connectivity index (χ0n) is 8.97. The lowest BCUT2D eigenvalue weighted by Crippen LogP contribution is -1.89. The Labute approximate surface area is 104 Å². The molecule has 0 heterocycles. The van der Waals surface area contributed by atoms with Crippen molar-refractivity contribution in [3.8, 4) is 0 Å². The van der Waals surface area contributed by atoms with Gasteiger partial charge in [0.1, 0.15) is 11.4 Å². The maximum absolute atomic E-state index is 5.95. The van der Waals surface area contributed by atoms with Gasteiger partial charge < -0.3 is 11.5 Å². The van der Waals surface area contributed by atoms with E-state index in [1.807, 2.05) is 12.1 Å². The summed E-state index contributed by atoms with van der Waals surface area (Å²) in [5, 5.41) is 8.62. The molecule has 2 aromatic carbocycles. The van der Waals surface area contributed by atoms with Gasteiger partial charge in [-0.05, 0) is 30.3 Å². The van der Waals surface area contributed by atoms with E-state index in [0.717, 1.165) is 0 Å². The van der Waals surface area contributed by atoms with Crippen molar-refractivity contribution in [1.82, 2.24) is 0 Å². The summed E-state index contributed by atoms with van der Waals surface area (Å²) in [4.78, 5) is 0. The molecule has 0 amide bonds. The third-order valence-corrected chi connectivity index (χ3v) is 2.49. The number of nitrogen functional groups attached to an aromatic ring is 2. The Hall–Kier alpha value is -2.07. The Morgan fingerprint density at radius 3 is 2.29 bits per heavy atom. The van der Waals surface area contributed by atoms with Gasteiger partial charge in [0.15, 0.2) is 0 Å². The van der Waals surface area contributed by atoms with Gasteiger partial charge in [-0.1, -0.05) is 23.7 Å². The van der Waals surface area contributed by atoms with Crippen molar-refractivity contribution in [3.63, 3.8) is 0 Å². The number of anilines is 2. The van der Waals surface area contributed by atoms with E-state index < -0.39 is 0 Å². The van der Waals surface area contributed by atoms with Gasteiger partial charge in [0.25, 0.3) is 0 Å². The van der Waals surface area contributed by atoms with Crippen LogP contribution in [0.1, 0.15) is 0 Å². The summed E-state index contributed by atoms with van der Waals surface area (Å²) in [6, 6.07) is 12.3. The third kappa shape index (κ3) is 2.73. The van der Waals surface area contributed by atoms with Crippen LogP contribution in [0.25, 0.3) is 0 Å². The summed E-state index contributed by atoms with van der Waals surface area (Å²) in [6.45, 7) is 0. The van der Waals surface area contributed by atoms with Crippen LogP contribution in [0.5, 0.6) is 0 Å². The molecule has 17 heavy (non-hydrogen) atoms. The zero-order valence-corrected chi connectivity index (χ0v) is 9.72. The average molecular weight is 247 g/mol. The lowest BCUT2D eigenvalue weighted by molar-refractivity contribution is 1.23. The largest absolute Gasteiger partial charge is 0.399 e. The molecule has 4 nitrogen and oxygen atoms in total. The van der Waals surface area contributed by atoms with Crippen molar-refractivity contribution in [2.75, 3.05) is 11.5 Å². The molecule has 0 atom stereocenters. The van der Waals surface area contributed by atoms with Crippen LogP contribution in [-0.2, 0) is 0 Å². The fourth-order valence-corrected chi connectivity index (χ4v) is 1.48. The summed E-state index contributed by atoms with van der Waals surface area (Å²) in [5.74, 6) is 0. The number of benzene rings is 2. The van der Waals surface area contributed by atoms with Gasteiger partial charge in [0, 0.05) is 5.69 Å². The van der Waals surface area contributed by atoms with Crippen molar-refractivity contribution < 1.29 is 0 Å². The third-order valence-electron chi connectivity index (χ3n) is 2.17. The van der Waals surface area contributed by atoms with Crippen LogP contribution in [0.4, 0.5) is 22.7 Å². The Kier molecular flexibility index (Phi) is 3.25. The van der Waals surface area contributed by atoms with E-state index in [1.165, 1.54) is 0 Å². The first-order chi connectivity index (χ1) is 8.16. The van der Waals surface area contributed by atoms with E-state index in [0.29, 0.717) is 27.8 Å². The number of hydrogen-bond acceptors (Lipinski definition) is 4. The molecular formula is C12H11ClN4. The number of nitrogens with zero attached hydrogens (tertiary/aromatic N) is 2. The van der Waals surface area contributed by atoms with E-state index in [1.54, 1.807) is 30.3 Å². The SMILES string of the molecule is Nc1ccc(/N=N/c2ccccc2Cl)c(N)c1. The lowest BCUT2D eigenvalue weighted by Gasteiger charge is -2.00. The molecule has 0 saturated heterocycles. The van der Waals surface area contributed by atoms with Crippen LogP contribution in [0.3, 0.4) is 0 Å². The summed E-state index contributed by atoms with van der Waals surface area (Å²) < 4.78 is 0. The molecule has 86 valence electrons. The number of hydrogen-bond donors (Lipinski definition) is 2. The van der Waals surface area contributed by atoms with Crippen LogP contribution in [0.2, 0.25) is 5.02 Å². The summed E-state index contributed by atoms with van der Waals surface area (Å²) in [6.07, 6.45) is 0. The van der Waals surface area contributed by atoms with Gasteiger partial charge in [0.2, 0.25) is 0 Å². The highest BCUT2D eigenvalue weighted by Crippen LogP contribution is 2.29. The Morgan fingerprint density at radius 1 is 0.882 bits per heavy atom. The standard InChI is InChI=1S/C12H11ClN4/c13-9-3-1-2-4-11(9)16-17-12-6-5-8(14)7-10(12)15/h1-7H,14-15H2/b17-16+. The minimum absolute atomic E-state index is 0.487. The summed E-state index contributed by atoms with van der Waals surface area (Å²) >= 11 is 5.95. The van der Waals surface area contributed by atoms with E-state index in [-0.39, 0.29) is 0 Å². The first-order valence-corrected chi connectivity index (χ1v) is 5.36. The molecule has 0 aliphatic carbocycles. The lowest BCUT2D eigenvalue weighted by atomic mass is 10.2. The highest BCUT2D eigenvalue weighted by Gasteiger charge is 1.99. The van der Waals surface area contributed by atoms with E-state index in [9.17, 15) is 0 Å². The van der Waals surface area contributed by atoms with Crippen LogP contribution in [0.15, 0.2) is 52.7 Å². The van der Waals surface area contributed by atoms with Crippen molar-refractivity contribution in [2.45, 2.75) is 0 Å². The first kappa shape index (κ1) is 11.4. The normalized spacial score (nSPS) is 10.9. The quantitative estimate of drug-likeness (QED) is 0.622. The summed E-state index contributed by atoms with van der Waals surface area (Å²) in [5.41, 5.74) is 13.6. The molecule has 0 fully saturated rings. The smallest absolute Gasteiger partial charge is 0.109 e. The Balaban J connectivity index is 2.29. The summed E-state index contributed by atoms with van der Waals surface area (Å²) in [7, 11) is 0. The Morgan fingerprint density at radius 2 is 1.59 bits per heavy atom. The van der Waals surface area contributed by atoms with Gasteiger partial charge in [0.05, 0.1) is 10.7 Å². The van der Waals surface area contributed by atoms with E-state index in [2.05, 4.69) is 10.2 Å². The van der Waals surface area contributed by atoms with Gasteiger partial charge in [-0.2, -0.15) is 0 Å². The van der Waals surface area contributed by atoms with Gasteiger partial charge in [-0.15, -0.1) is 10.2 Å². The van der Waals surface area contributed by atoms with Crippen LogP contribution >= 0.6 is 11.6 Å². The predicted octanol–water partition coefficient (Wildman–Crippen LogP) is 3.92. The number of nitrogens with two attached hydrogens (primary N) is 2. The van der Waals surface area contributed by atoms with E-state index >= 15 is 0 Å². The molecule has 2 rings (SSSR count). The number of halogens is 1. The van der Waals surface area contributed by atoms with Crippen LogP contribution in [0, 0.1) is 0 Å². The fraction of sp³-hybridized carbons (Fsp3) is 0. The van der Waals surface area contributed by atoms with Crippen molar-refractivity contribution in [1.29, 1.82) is 0 Å². The zero-order chi connectivity index (χ0) is 12.3. The topological polar surface area (TPSA) is 76.8 Å². The fourth-order valence-electron chi connectivity index (χ4n) is 1.30. The first-order valence-electron chi connectivity index (χ1n) is 4.98. The molecule has 0 aromatic heterocycles. The molecule has 0 saturated carbocycles. The molecule has 0 aliphatic heterocycles.